The van der Waals surface area contributed by atoms with Gasteiger partial charge in [-0.3, -0.25) is 9.88 Å². The quantitative estimate of drug-likeness (QED) is 0.883. The molecule has 0 aliphatic carbocycles. The van der Waals surface area contributed by atoms with Gasteiger partial charge in [0, 0.05) is 12.1 Å². The Bertz CT molecular complexity index is 538. The Balaban J connectivity index is 2.14. The van der Waals surface area contributed by atoms with Gasteiger partial charge in [-0.25, -0.2) is 9.97 Å². The van der Waals surface area contributed by atoms with Crippen LogP contribution >= 0.6 is 0 Å². The predicted octanol–water partition coefficient (Wildman–Crippen LogP) is 2.83. The van der Waals surface area contributed by atoms with Crippen LogP contribution in [0.3, 0.4) is 0 Å². The Morgan fingerprint density at radius 2 is 2.28 bits per heavy atom. The summed E-state index contributed by atoms with van der Waals surface area (Å²) in [5.41, 5.74) is 2.02. The van der Waals surface area contributed by atoms with E-state index < -0.39 is 0 Å². The second kappa shape index (κ2) is 4.69. The number of piperidine rings is 1. The van der Waals surface area contributed by atoms with E-state index in [1.807, 2.05) is 18.3 Å². The summed E-state index contributed by atoms with van der Waals surface area (Å²) in [4.78, 5) is 9.27. The third-order valence-electron chi connectivity index (χ3n) is 3.59. The number of imidazole rings is 1. The van der Waals surface area contributed by atoms with Crippen molar-refractivity contribution in [3.05, 3.63) is 24.2 Å². The van der Waals surface area contributed by atoms with Crippen molar-refractivity contribution in [1.29, 1.82) is 0 Å². The molecule has 0 aromatic carbocycles. The molecule has 3 rings (SSSR count). The topological polar surface area (TPSA) is 42.7 Å². The molecule has 18 heavy (non-hydrogen) atoms. The number of nitrogens with zero attached hydrogens (tertiary/aromatic N) is 3. The first-order chi connectivity index (χ1) is 8.77. The minimum atomic E-state index is 0.357. The lowest BCUT2D eigenvalue weighted by Crippen LogP contribution is -2.32. The molecule has 1 N–H and O–H groups in total. The fourth-order valence-corrected chi connectivity index (χ4v) is 2.72. The molecule has 1 unspecified atom stereocenters. The van der Waals surface area contributed by atoms with Crippen LogP contribution in [-0.2, 0) is 0 Å². The Kier molecular flexibility index (Phi) is 3.04. The van der Waals surface area contributed by atoms with Gasteiger partial charge in [0.25, 0.3) is 0 Å². The minimum Gasteiger partial charge on any atom is -0.297 e. The first-order valence-electron chi connectivity index (χ1n) is 6.83. The monoisotopic (exact) mass is 244 g/mol. The van der Waals surface area contributed by atoms with E-state index in [1.54, 1.807) is 0 Å². The zero-order valence-corrected chi connectivity index (χ0v) is 11.1. The summed E-state index contributed by atoms with van der Waals surface area (Å²) in [7, 11) is 0. The molecule has 1 aliphatic rings. The van der Waals surface area contributed by atoms with Gasteiger partial charge in [0.15, 0.2) is 5.65 Å². The fraction of sp³-hybridized carbons (Fsp3) is 0.571. The average molecular weight is 244 g/mol. The standard InChI is InChI=1S/C14H20N4/c1-10(2)13-17-11-6-5-9-16-14(11)18(13)12-7-3-4-8-15-12/h5-6,9-10,12,15H,3-4,7-8H2,1-2H3. The van der Waals surface area contributed by atoms with Crippen LogP contribution in [0.25, 0.3) is 11.2 Å². The third kappa shape index (κ3) is 1.90. The number of fused-ring (bicyclic) bond motifs is 1. The summed E-state index contributed by atoms with van der Waals surface area (Å²) in [6, 6.07) is 4.01. The van der Waals surface area contributed by atoms with E-state index in [-0.39, 0.29) is 0 Å². The van der Waals surface area contributed by atoms with Crippen molar-refractivity contribution in [2.45, 2.75) is 45.2 Å². The van der Waals surface area contributed by atoms with Crippen LogP contribution in [-0.4, -0.2) is 21.1 Å². The smallest absolute Gasteiger partial charge is 0.161 e. The lowest BCUT2D eigenvalue weighted by Gasteiger charge is -2.27. The molecule has 0 amide bonds. The van der Waals surface area contributed by atoms with E-state index in [0.29, 0.717) is 12.1 Å². The summed E-state index contributed by atoms with van der Waals surface area (Å²) in [6.45, 7) is 5.48. The van der Waals surface area contributed by atoms with Crippen molar-refractivity contribution in [2.75, 3.05) is 6.54 Å². The molecule has 0 radical (unpaired) electrons. The molecule has 4 nitrogen and oxygen atoms in total. The lowest BCUT2D eigenvalue weighted by atomic mass is 10.1. The second-order valence-corrected chi connectivity index (χ2v) is 5.31. The van der Waals surface area contributed by atoms with Crippen molar-refractivity contribution in [3.63, 3.8) is 0 Å². The summed E-state index contributed by atoms with van der Waals surface area (Å²) in [6.07, 6.45) is 5.93. The molecule has 1 saturated heterocycles. The van der Waals surface area contributed by atoms with Gasteiger partial charge in [-0.2, -0.15) is 0 Å². The molecule has 3 heterocycles. The van der Waals surface area contributed by atoms with Crippen molar-refractivity contribution in [2.24, 2.45) is 0 Å². The number of rotatable bonds is 2. The number of hydrogen-bond donors (Lipinski definition) is 1. The maximum atomic E-state index is 4.75. The first-order valence-corrected chi connectivity index (χ1v) is 6.83. The Hall–Kier alpha value is -1.42. The van der Waals surface area contributed by atoms with E-state index in [2.05, 4.69) is 28.7 Å². The molecule has 0 bridgehead atoms. The normalized spacial score (nSPS) is 20.7. The van der Waals surface area contributed by atoms with Crippen LogP contribution in [0, 0.1) is 0 Å². The summed E-state index contributed by atoms with van der Waals surface area (Å²) in [5.74, 6) is 1.56. The van der Waals surface area contributed by atoms with Gasteiger partial charge in [-0.15, -0.1) is 0 Å². The summed E-state index contributed by atoms with van der Waals surface area (Å²) < 4.78 is 2.30. The molecule has 1 atom stereocenters. The van der Waals surface area contributed by atoms with Crippen LogP contribution < -0.4 is 5.32 Å². The molecule has 1 fully saturated rings. The minimum absolute atomic E-state index is 0.357. The third-order valence-corrected chi connectivity index (χ3v) is 3.59. The Labute approximate surface area is 107 Å². The predicted molar refractivity (Wildman–Crippen MR) is 72.5 cm³/mol. The van der Waals surface area contributed by atoms with E-state index in [9.17, 15) is 0 Å². The Morgan fingerprint density at radius 3 is 3.00 bits per heavy atom. The number of nitrogens with one attached hydrogen (secondary N) is 1. The highest BCUT2D eigenvalue weighted by atomic mass is 15.2. The second-order valence-electron chi connectivity index (χ2n) is 5.31. The number of pyridine rings is 1. The Morgan fingerprint density at radius 1 is 1.39 bits per heavy atom. The maximum absolute atomic E-state index is 4.75. The van der Waals surface area contributed by atoms with E-state index in [1.165, 1.54) is 19.3 Å². The van der Waals surface area contributed by atoms with Gasteiger partial charge in [-0.05, 0) is 37.9 Å². The van der Waals surface area contributed by atoms with Crippen LogP contribution in [0.5, 0.6) is 0 Å². The van der Waals surface area contributed by atoms with Gasteiger partial charge >= 0.3 is 0 Å². The number of hydrogen-bond acceptors (Lipinski definition) is 3. The highest BCUT2D eigenvalue weighted by molar-refractivity contribution is 5.71. The van der Waals surface area contributed by atoms with Gasteiger partial charge in [0.2, 0.25) is 0 Å². The number of aromatic nitrogens is 3. The molecule has 0 saturated carbocycles. The lowest BCUT2D eigenvalue weighted by molar-refractivity contribution is 0.316. The molecule has 2 aromatic rings. The van der Waals surface area contributed by atoms with Gasteiger partial charge < -0.3 is 0 Å². The molecular weight excluding hydrogens is 224 g/mol. The van der Waals surface area contributed by atoms with Crippen molar-refractivity contribution in [1.82, 2.24) is 19.9 Å². The largest absolute Gasteiger partial charge is 0.297 e. The fourth-order valence-electron chi connectivity index (χ4n) is 2.72. The molecule has 0 spiro atoms. The van der Waals surface area contributed by atoms with E-state index in [0.717, 1.165) is 23.5 Å². The zero-order chi connectivity index (χ0) is 12.5. The maximum Gasteiger partial charge on any atom is 0.161 e. The summed E-state index contributed by atoms with van der Waals surface area (Å²) >= 11 is 0. The van der Waals surface area contributed by atoms with Gasteiger partial charge in [0.1, 0.15) is 11.3 Å². The highest BCUT2D eigenvalue weighted by Crippen LogP contribution is 2.27. The van der Waals surface area contributed by atoms with Crippen LogP contribution in [0.1, 0.15) is 51.0 Å². The van der Waals surface area contributed by atoms with Crippen LogP contribution in [0.2, 0.25) is 0 Å². The van der Waals surface area contributed by atoms with Crippen LogP contribution in [0.15, 0.2) is 18.3 Å². The highest BCUT2D eigenvalue weighted by Gasteiger charge is 2.22. The van der Waals surface area contributed by atoms with Crippen molar-refractivity contribution in [3.8, 4) is 0 Å². The average Bonchev–Trinajstić information content (AvgIpc) is 2.79. The first kappa shape index (κ1) is 11.7. The molecular formula is C14H20N4. The zero-order valence-electron chi connectivity index (χ0n) is 11.1. The van der Waals surface area contributed by atoms with Crippen molar-refractivity contribution < 1.29 is 0 Å². The van der Waals surface area contributed by atoms with Crippen LogP contribution in [0.4, 0.5) is 0 Å². The molecule has 1 aliphatic heterocycles. The van der Waals surface area contributed by atoms with E-state index >= 15 is 0 Å². The molecule has 2 aromatic heterocycles. The molecule has 4 heteroatoms. The van der Waals surface area contributed by atoms with Crippen molar-refractivity contribution >= 4 is 11.2 Å². The SMILES string of the molecule is CC(C)c1nc2cccnc2n1C1CCCCN1. The van der Waals surface area contributed by atoms with Gasteiger partial charge in [-0.1, -0.05) is 13.8 Å². The van der Waals surface area contributed by atoms with Gasteiger partial charge in [0.05, 0.1) is 6.17 Å². The molecule has 96 valence electrons. The summed E-state index contributed by atoms with van der Waals surface area (Å²) in [5, 5.41) is 3.59. The van der Waals surface area contributed by atoms with E-state index in [4.69, 9.17) is 4.98 Å².